The number of benzene rings is 1. The number of hydrogen-bond acceptors (Lipinski definition) is 6. The van der Waals surface area contributed by atoms with Crippen molar-refractivity contribution in [1.29, 1.82) is 0 Å². The molecule has 29 heavy (non-hydrogen) atoms. The summed E-state index contributed by atoms with van der Waals surface area (Å²) in [4.78, 5) is 23.9. The minimum absolute atomic E-state index is 0.00900. The fourth-order valence-electron chi connectivity index (χ4n) is 5.23. The molecule has 1 aromatic heterocycles. The van der Waals surface area contributed by atoms with Gasteiger partial charge < -0.3 is 19.0 Å². The van der Waals surface area contributed by atoms with Gasteiger partial charge in [-0.25, -0.2) is 4.79 Å². The maximum absolute atomic E-state index is 12.4. The van der Waals surface area contributed by atoms with Gasteiger partial charge in [0, 0.05) is 47.1 Å². The van der Waals surface area contributed by atoms with Crippen LogP contribution in [0.3, 0.4) is 0 Å². The summed E-state index contributed by atoms with van der Waals surface area (Å²) in [5.74, 6) is 0.333. The maximum Gasteiger partial charge on any atom is 0.336 e. The lowest BCUT2D eigenvalue weighted by Gasteiger charge is -2.61. The molecule has 156 valence electrons. The minimum Gasteiger partial charge on any atom is -0.493 e. The van der Waals surface area contributed by atoms with Crippen LogP contribution in [0.2, 0.25) is 0 Å². The van der Waals surface area contributed by atoms with Gasteiger partial charge in [0.05, 0.1) is 12.2 Å². The van der Waals surface area contributed by atoms with E-state index >= 15 is 0 Å². The predicted octanol–water partition coefficient (Wildman–Crippen LogP) is 3.54. The molecule has 0 radical (unpaired) electrons. The molecule has 6 heteroatoms. The molecule has 1 saturated heterocycles. The van der Waals surface area contributed by atoms with E-state index in [1.165, 1.54) is 6.07 Å². The van der Waals surface area contributed by atoms with Crippen LogP contribution in [0.25, 0.3) is 11.0 Å². The van der Waals surface area contributed by atoms with Crippen molar-refractivity contribution in [3.05, 3.63) is 40.8 Å². The number of Topliss-reactive ketones (excluding diaryl/α,β-unsaturated/α-hetero) is 1. The highest BCUT2D eigenvalue weighted by molar-refractivity contribution is 5.83. The topological polar surface area (TPSA) is 86.0 Å². The molecule has 0 unspecified atom stereocenters. The summed E-state index contributed by atoms with van der Waals surface area (Å²) >= 11 is 0. The first-order valence-electron chi connectivity index (χ1n) is 10.2. The Hall–Kier alpha value is -2.18. The van der Waals surface area contributed by atoms with Crippen molar-refractivity contribution < 1.29 is 23.8 Å². The first-order chi connectivity index (χ1) is 13.7. The summed E-state index contributed by atoms with van der Waals surface area (Å²) in [5.41, 5.74) is -0.996. The van der Waals surface area contributed by atoms with Gasteiger partial charge in [-0.3, -0.25) is 4.79 Å². The second-order valence-corrected chi connectivity index (χ2v) is 8.95. The number of rotatable bonds is 3. The molecule has 4 rings (SSSR count). The molecule has 0 bridgehead atoms. The third-order valence-corrected chi connectivity index (χ3v) is 7.63. The number of ketones is 1. The quantitative estimate of drug-likeness (QED) is 0.793. The van der Waals surface area contributed by atoms with Gasteiger partial charge in [0.1, 0.15) is 17.1 Å². The summed E-state index contributed by atoms with van der Waals surface area (Å²) in [6.45, 7) is 8.32. The second-order valence-electron chi connectivity index (χ2n) is 8.95. The van der Waals surface area contributed by atoms with E-state index in [-0.39, 0.29) is 29.0 Å². The molecule has 0 amide bonds. The van der Waals surface area contributed by atoms with Crippen molar-refractivity contribution in [2.24, 2.45) is 23.2 Å². The van der Waals surface area contributed by atoms with Crippen LogP contribution in [0.15, 0.2) is 39.5 Å². The molecule has 1 saturated carbocycles. The Labute approximate surface area is 169 Å². The van der Waals surface area contributed by atoms with Gasteiger partial charge in [0.25, 0.3) is 0 Å². The fraction of sp³-hybridized carbons (Fsp3) is 0.565. The third-order valence-electron chi connectivity index (χ3n) is 7.63. The van der Waals surface area contributed by atoms with Gasteiger partial charge in [-0.15, -0.1) is 0 Å². The Kier molecular flexibility index (Phi) is 4.82. The highest BCUT2D eigenvalue weighted by Gasteiger charge is 2.63. The van der Waals surface area contributed by atoms with Crippen LogP contribution in [0.4, 0.5) is 0 Å². The molecule has 2 aliphatic rings. The van der Waals surface area contributed by atoms with Crippen LogP contribution in [-0.2, 0) is 9.53 Å². The van der Waals surface area contributed by atoms with Gasteiger partial charge in [0.2, 0.25) is 0 Å². The van der Waals surface area contributed by atoms with Crippen molar-refractivity contribution in [2.75, 3.05) is 6.61 Å². The number of carbonyl (C=O) groups is 1. The van der Waals surface area contributed by atoms with E-state index in [4.69, 9.17) is 13.9 Å². The number of fused-ring (bicyclic) bond motifs is 2. The highest BCUT2D eigenvalue weighted by atomic mass is 16.6. The highest BCUT2D eigenvalue weighted by Crippen LogP contribution is 2.58. The monoisotopic (exact) mass is 400 g/mol. The molecule has 6 nitrogen and oxygen atoms in total. The molecule has 1 aliphatic carbocycles. The van der Waals surface area contributed by atoms with Crippen LogP contribution in [-0.4, -0.2) is 29.4 Å². The van der Waals surface area contributed by atoms with Gasteiger partial charge in [0.15, 0.2) is 6.29 Å². The lowest BCUT2D eigenvalue weighted by Crippen LogP contribution is -2.67. The third kappa shape index (κ3) is 3.09. The van der Waals surface area contributed by atoms with Gasteiger partial charge in [-0.05, 0) is 31.5 Å². The van der Waals surface area contributed by atoms with E-state index in [1.807, 2.05) is 32.9 Å². The summed E-state index contributed by atoms with van der Waals surface area (Å²) in [6.07, 6.45) is 0.256. The SMILES string of the molecule is C[C@@H]1[C@H](O)O[C@@]2(C)[C@@H](C)C(=O)CC[C@@]2(C)[C@@H]1COc1ccc2ccc(=O)oc2c1. The number of carbonyl (C=O) groups excluding carboxylic acids is 1. The van der Waals surface area contributed by atoms with Gasteiger partial charge in [-0.2, -0.15) is 0 Å². The Morgan fingerprint density at radius 1 is 1.17 bits per heavy atom. The van der Waals surface area contributed by atoms with E-state index in [2.05, 4.69) is 6.92 Å². The van der Waals surface area contributed by atoms with Gasteiger partial charge in [-0.1, -0.05) is 20.8 Å². The van der Waals surface area contributed by atoms with Crippen LogP contribution in [0.5, 0.6) is 5.75 Å². The zero-order chi connectivity index (χ0) is 21.0. The van der Waals surface area contributed by atoms with Crippen LogP contribution in [0.1, 0.15) is 40.5 Å². The van der Waals surface area contributed by atoms with E-state index < -0.39 is 17.5 Å². The number of ether oxygens (including phenoxy) is 2. The molecule has 0 spiro atoms. The maximum atomic E-state index is 12.4. The van der Waals surface area contributed by atoms with Crippen molar-refractivity contribution in [2.45, 2.75) is 52.4 Å². The van der Waals surface area contributed by atoms with E-state index in [9.17, 15) is 14.7 Å². The minimum atomic E-state index is -0.954. The average Bonchev–Trinajstić information content (AvgIpc) is 2.68. The summed E-state index contributed by atoms with van der Waals surface area (Å²) in [7, 11) is 0. The van der Waals surface area contributed by atoms with Gasteiger partial charge >= 0.3 is 5.63 Å². The Morgan fingerprint density at radius 2 is 1.90 bits per heavy atom. The summed E-state index contributed by atoms with van der Waals surface area (Å²) in [5, 5.41) is 11.4. The van der Waals surface area contributed by atoms with Crippen molar-refractivity contribution in [3.8, 4) is 5.75 Å². The largest absolute Gasteiger partial charge is 0.493 e. The number of aliphatic hydroxyl groups excluding tert-OH is 1. The van der Waals surface area contributed by atoms with Crippen LogP contribution in [0, 0.1) is 23.2 Å². The molecule has 6 atom stereocenters. The van der Waals surface area contributed by atoms with E-state index in [1.54, 1.807) is 12.1 Å². The number of aliphatic hydroxyl groups is 1. The average molecular weight is 400 g/mol. The Bertz CT molecular complexity index is 996. The number of hydrogen-bond donors (Lipinski definition) is 1. The summed E-state index contributed by atoms with van der Waals surface area (Å²) in [6, 6.07) is 8.52. The van der Waals surface area contributed by atoms with Crippen LogP contribution >= 0.6 is 0 Å². The first kappa shape index (κ1) is 20.1. The van der Waals surface area contributed by atoms with Crippen molar-refractivity contribution >= 4 is 16.8 Å². The predicted molar refractivity (Wildman–Crippen MR) is 108 cm³/mol. The van der Waals surface area contributed by atoms with Crippen LogP contribution < -0.4 is 10.4 Å². The lowest BCUT2D eigenvalue weighted by atomic mass is 9.51. The Morgan fingerprint density at radius 3 is 2.66 bits per heavy atom. The Balaban J connectivity index is 1.62. The summed E-state index contributed by atoms with van der Waals surface area (Å²) < 4.78 is 17.4. The molecular formula is C23H28O6. The molecule has 1 aromatic carbocycles. The lowest BCUT2D eigenvalue weighted by molar-refractivity contribution is -0.321. The smallest absolute Gasteiger partial charge is 0.336 e. The molecule has 1 aliphatic heterocycles. The molecular weight excluding hydrogens is 372 g/mol. The van der Waals surface area contributed by atoms with E-state index in [0.29, 0.717) is 30.8 Å². The van der Waals surface area contributed by atoms with Crippen molar-refractivity contribution in [3.63, 3.8) is 0 Å². The first-order valence-corrected chi connectivity index (χ1v) is 10.2. The fourth-order valence-corrected chi connectivity index (χ4v) is 5.23. The standard InChI is InChI=1S/C23H28O6/c1-13-17(12-27-16-7-5-15-6-8-20(25)28-19(15)11-16)22(3)10-9-18(24)14(2)23(22,4)29-21(13)26/h5-8,11,13-14,17,21,26H,9-10,12H2,1-4H3/t13-,14-,17+,21+,22-,23-/m0/s1. The molecule has 2 fully saturated rings. The molecule has 2 aromatic rings. The molecule has 2 heterocycles. The molecule has 1 N–H and O–H groups in total. The zero-order valence-electron chi connectivity index (χ0n) is 17.3. The zero-order valence-corrected chi connectivity index (χ0v) is 17.3. The second kappa shape index (κ2) is 6.96. The van der Waals surface area contributed by atoms with Crippen molar-refractivity contribution in [1.82, 2.24) is 0 Å². The van der Waals surface area contributed by atoms with E-state index in [0.717, 1.165) is 5.39 Å². The normalized spacial score (nSPS) is 37.3.